The summed E-state index contributed by atoms with van der Waals surface area (Å²) in [5, 5.41) is 20.4. The van der Waals surface area contributed by atoms with E-state index in [1.807, 2.05) is 0 Å². The zero-order valence-corrected chi connectivity index (χ0v) is 9.17. The second kappa shape index (κ2) is 3.73. The van der Waals surface area contributed by atoms with Crippen LogP contribution in [0.1, 0.15) is 18.4 Å². The Labute approximate surface area is 97.0 Å². The van der Waals surface area contributed by atoms with Gasteiger partial charge in [0.25, 0.3) is 0 Å². The Morgan fingerprint density at radius 1 is 1.53 bits per heavy atom. The number of benzene rings is 1. The average molecular weight is 237 g/mol. The molecule has 0 atom stereocenters. The molecule has 6 nitrogen and oxygen atoms in total. The molecule has 1 aliphatic carbocycles. The number of nitro benzene ring substituents is 1. The Morgan fingerprint density at radius 2 is 2.18 bits per heavy atom. The third kappa shape index (κ3) is 1.71. The third-order valence-electron chi connectivity index (χ3n) is 3.06. The highest BCUT2D eigenvalue weighted by Gasteiger charge is 2.45. The first-order chi connectivity index (χ1) is 8.04. The van der Waals surface area contributed by atoms with Gasteiger partial charge in [-0.3, -0.25) is 10.1 Å². The van der Waals surface area contributed by atoms with Crippen molar-refractivity contribution in [2.45, 2.75) is 18.3 Å². The molecule has 0 heterocycles. The first-order valence-electron chi connectivity index (χ1n) is 5.06. The lowest BCUT2D eigenvalue weighted by atomic mass is 9.96. The number of rotatable bonds is 4. The summed E-state index contributed by atoms with van der Waals surface area (Å²) in [5.41, 5.74) is -0.549. The molecule has 0 amide bonds. The van der Waals surface area contributed by atoms with E-state index in [1.165, 1.54) is 19.2 Å². The number of carbonyl (C=O) groups is 1. The lowest BCUT2D eigenvalue weighted by Gasteiger charge is -2.11. The normalized spacial score (nSPS) is 16.3. The Hall–Kier alpha value is -2.11. The van der Waals surface area contributed by atoms with Gasteiger partial charge in [-0.15, -0.1) is 0 Å². The van der Waals surface area contributed by atoms with Crippen molar-refractivity contribution in [1.82, 2.24) is 0 Å². The van der Waals surface area contributed by atoms with E-state index in [-0.39, 0.29) is 5.75 Å². The topological polar surface area (TPSA) is 89.7 Å². The summed E-state index contributed by atoms with van der Waals surface area (Å²) < 4.78 is 4.87. The van der Waals surface area contributed by atoms with Gasteiger partial charge in [0, 0.05) is 6.07 Å². The molecule has 17 heavy (non-hydrogen) atoms. The highest BCUT2D eigenvalue weighted by Crippen LogP contribution is 2.50. The van der Waals surface area contributed by atoms with Crippen LogP contribution in [0.15, 0.2) is 12.1 Å². The molecule has 2 rings (SSSR count). The fourth-order valence-electron chi connectivity index (χ4n) is 1.78. The maximum absolute atomic E-state index is 11.0. The molecule has 1 aromatic carbocycles. The molecule has 0 bridgehead atoms. The summed E-state index contributed by atoms with van der Waals surface area (Å²) in [6.07, 6.45) is 2.13. The van der Waals surface area contributed by atoms with Crippen molar-refractivity contribution in [1.29, 1.82) is 0 Å². The lowest BCUT2D eigenvalue weighted by molar-refractivity contribution is -0.386. The van der Waals surface area contributed by atoms with E-state index in [2.05, 4.69) is 0 Å². The molecule has 1 aromatic rings. The summed E-state index contributed by atoms with van der Waals surface area (Å²) in [5.74, 6) is -0.495. The average Bonchev–Trinajstić information content (AvgIpc) is 3.10. The van der Waals surface area contributed by atoms with Gasteiger partial charge in [0.1, 0.15) is 6.29 Å². The summed E-state index contributed by atoms with van der Waals surface area (Å²) in [4.78, 5) is 21.1. The van der Waals surface area contributed by atoms with E-state index in [0.717, 1.165) is 6.29 Å². The molecule has 0 unspecified atom stereocenters. The molecule has 6 heteroatoms. The second-order valence-corrected chi connectivity index (χ2v) is 4.08. The van der Waals surface area contributed by atoms with Crippen LogP contribution in [0.3, 0.4) is 0 Å². The van der Waals surface area contributed by atoms with Crippen LogP contribution in [0.4, 0.5) is 5.69 Å². The minimum absolute atomic E-state index is 0.0160. The van der Waals surface area contributed by atoms with Gasteiger partial charge in [-0.1, -0.05) is 0 Å². The number of aldehydes is 1. The first kappa shape index (κ1) is 11.4. The van der Waals surface area contributed by atoms with Crippen LogP contribution >= 0.6 is 0 Å². The zero-order chi connectivity index (χ0) is 12.6. The molecular weight excluding hydrogens is 226 g/mol. The molecule has 0 radical (unpaired) electrons. The summed E-state index contributed by atoms with van der Waals surface area (Å²) >= 11 is 0. The molecule has 1 aliphatic rings. The zero-order valence-electron chi connectivity index (χ0n) is 9.17. The fraction of sp³-hybridized carbons (Fsp3) is 0.364. The standard InChI is InChI=1S/C11H11NO5/c1-17-9-5-7(11(6-13)2-3-11)4-8(10(9)14)12(15)16/h4-6,14H,2-3H2,1H3. The maximum Gasteiger partial charge on any atom is 0.314 e. The van der Waals surface area contributed by atoms with E-state index in [1.54, 1.807) is 0 Å². The molecule has 0 saturated heterocycles. The van der Waals surface area contributed by atoms with Gasteiger partial charge >= 0.3 is 5.69 Å². The van der Waals surface area contributed by atoms with Crippen molar-refractivity contribution in [3.05, 3.63) is 27.8 Å². The number of carbonyl (C=O) groups excluding carboxylic acids is 1. The highest BCUT2D eigenvalue weighted by atomic mass is 16.6. The number of nitrogens with zero attached hydrogens (tertiary/aromatic N) is 1. The van der Waals surface area contributed by atoms with Crippen LogP contribution in [0, 0.1) is 10.1 Å². The van der Waals surface area contributed by atoms with Crippen molar-refractivity contribution in [2.24, 2.45) is 0 Å². The number of ether oxygens (including phenoxy) is 1. The smallest absolute Gasteiger partial charge is 0.314 e. The Kier molecular flexibility index (Phi) is 2.49. The summed E-state index contributed by atoms with van der Waals surface area (Å²) in [6.45, 7) is 0. The van der Waals surface area contributed by atoms with Crippen LogP contribution in [0.2, 0.25) is 0 Å². The number of hydrogen-bond donors (Lipinski definition) is 1. The number of phenolic OH excluding ortho intramolecular Hbond substituents is 1. The van der Waals surface area contributed by atoms with Gasteiger partial charge < -0.3 is 14.6 Å². The molecule has 0 aliphatic heterocycles. The molecule has 1 fully saturated rings. The molecule has 0 aromatic heterocycles. The number of methoxy groups -OCH3 is 1. The van der Waals surface area contributed by atoms with Gasteiger partial charge in [0.05, 0.1) is 17.4 Å². The Bertz CT molecular complexity index is 493. The predicted octanol–water partition coefficient (Wildman–Crippen LogP) is 1.54. The van der Waals surface area contributed by atoms with Gasteiger partial charge in [0.15, 0.2) is 5.75 Å². The van der Waals surface area contributed by atoms with E-state index in [0.29, 0.717) is 18.4 Å². The Morgan fingerprint density at radius 3 is 2.59 bits per heavy atom. The number of aromatic hydroxyl groups is 1. The highest BCUT2D eigenvalue weighted by molar-refractivity contribution is 5.75. The van der Waals surface area contributed by atoms with Crippen molar-refractivity contribution >= 4 is 12.0 Å². The minimum Gasteiger partial charge on any atom is -0.500 e. The van der Waals surface area contributed by atoms with Gasteiger partial charge in [-0.25, -0.2) is 0 Å². The molecule has 1 N–H and O–H groups in total. The van der Waals surface area contributed by atoms with Crippen LogP contribution < -0.4 is 4.74 Å². The minimum atomic E-state index is -0.692. The van der Waals surface area contributed by atoms with Crippen molar-refractivity contribution in [3.8, 4) is 11.5 Å². The monoisotopic (exact) mass is 237 g/mol. The van der Waals surface area contributed by atoms with Crippen molar-refractivity contribution in [3.63, 3.8) is 0 Å². The van der Waals surface area contributed by atoms with Crippen LogP contribution in [0.5, 0.6) is 11.5 Å². The SMILES string of the molecule is COc1cc(C2(C=O)CC2)cc([N+](=O)[O-])c1O. The lowest BCUT2D eigenvalue weighted by Crippen LogP contribution is -2.08. The molecular formula is C11H11NO5. The largest absolute Gasteiger partial charge is 0.500 e. The van der Waals surface area contributed by atoms with E-state index in [4.69, 9.17) is 4.74 Å². The fourth-order valence-corrected chi connectivity index (χ4v) is 1.78. The van der Waals surface area contributed by atoms with Crippen LogP contribution in [-0.4, -0.2) is 23.4 Å². The van der Waals surface area contributed by atoms with E-state index in [9.17, 15) is 20.0 Å². The van der Waals surface area contributed by atoms with Gasteiger partial charge in [-0.2, -0.15) is 0 Å². The molecule has 1 saturated carbocycles. The Balaban J connectivity index is 2.59. The van der Waals surface area contributed by atoms with Gasteiger partial charge in [-0.05, 0) is 24.5 Å². The van der Waals surface area contributed by atoms with Gasteiger partial charge in [0.2, 0.25) is 5.75 Å². The van der Waals surface area contributed by atoms with Crippen LogP contribution in [-0.2, 0) is 10.2 Å². The number of nitro groups is 1. The second-order valence-electron chi connectivity index (χ2n) is 4.08. The van der Waals surface area contributed by atoms with Crippen LogP contribution in [0.25, 0.3) is 0 Å². The third-order valence-corrected chi connectivity index (χ3v) is 3.06. The maximum atomic E-state index is 11.0. The van der Waals surface area contributed by atoms with Crippen molar-refractivity contribution < 1.29 is 19.6 Å². The summed E-state index contributed by atoms with van der Waals surface area (Å²) in [6, 6.07) is 2.71. The van der Waals surface area contributed by atoms with Crippen molar-refractivity contribution in [2.75, 3.05) is 7.11 Å². The molecule has 90 valence electrons. The van der Waals surface area contributed by atoms with E-state index >= 15 is 0 Å². The quantitative estimate of drug-likeness (QED) is 0.487. The van der Waals surface area contributed by atoms with E-state index < -0.39 is 21.8 Å². The molecule has 0 spiro atoms. The predicted molar refractivity (Wildman–Crippen MR) is 58.3 cm³/mol. The number of phenols is 1. The summed E-state index contributed by atoms with van der Waals surface area (Å²) in [7, 11) is 1.31. The first-order valence-corrected chi connectivity index (χ1v) is 5.06. The number of hydrogen-bond acceptors (Lipinski definition) is 5.